The molecule has 0 bridgehead atoms. The van der Waals surface area contributed by atoms with Gasteiger partial charge in [-0.2, -0.15) is 5.10 Å². The third-order valence-electron chi connectivity index (χ3n) is 4.64. The molecule has 1 aromatic carbocycles. The van der Waals surface area contributed by atoms with Gasteiger partial charge >= 0.3 is 5.97 Å². The number of aliphatic imine (C=N–C) groups is 1. The van der Waals surface area contributed by atoms with Crippen LogP contribution in [0.3, 0.4) is 0 Å². The normalized spacial score (nSPS) is 15.3. The van der Waals surface area contributed by atoms with Crippen LogP contribution in [-0.2, 0) is 11.3 Å². The monoisotopic (exact) mass is 409 g/mol. The average Bonchev–Trinajstić information content (AvgIpc) is 3.39. The highest BCUT2D eigenvalue weighted by molar-refractivity contribution is 5.95. The first-order valence-corrected chi connectivity index (χ1v) is 9.24. The van der Waals surface area contributed by atoms with E-state index in [0.29, 0.717) is 23.5 Å². The van der Waals surface area contributed by atoms with Crippen molar-refractivity contribution in [2.75, 3.05) is 13.1 Å². The van der Waals surface area contributed by atoms with E-state index in [0.717, 1.165) is 16.7 Å². The Morgan fingerprint density at radius 3 is 3.10 bits per heavy atom. The SMILES string of the molecule is Cc1c(C(O)CNCC(C=N)=CN=C(N)C=Cc2ncn[nH]2)ccc2c1COC2=O. The number of carbonyl (C=O) groups is 1. The van der Waals surface area contributed by atoms with Gasteiger partial charge in [0.1, 0.15) is 24.6 Å². The maximum Gasteiger partial charge on any atom is 0.338 e. The van der Waals surface area contributed by atoms with E-state index in [4.69, 9.17) is 15.9 Å². The highest BCUT2D eigenvalue weighted by atomic mass is 16.5. The number of H-pyrrole nitrogens is 1. The van der Waals surface area contributed by atoms with E-state index in [9.17, 15) is 9.90 Å². The minimum absolute atomic E-state index is 0.235. The summed E-state index contributed by atoms with van der Waals surface area (Å²) in [6.45, 7) is 2.70. The summed E-state index contributed by atoms with van der Waals surface area (Å²) >= 11 is 0. The largest absolute Gasteiger partial charge is 0.457 e. The van der Waals surface area contributed by atoms with Crippen molar-refractivity contribution in [1.82, 2.24) is 20.5 Å². The van der Waals surface area contributed by atoms with Gasteiger partial charge in [-0.05, 0) is 36.3 Å². The molecular weight excluding hydrogens is 386 g/mol. The van der Waals surface area contributed by atoms with Crippen LogP contribution in [0.5, 0.6) is 0 Å². The molecule has 1 aliphatic heterocycles. The number of carbonyl (C=O) groups excluding carboxylic acids is 1. The second kappa shape index (κ2) is 9.72. The molecule has 0 amide bonds. The van der Waals surface area contributed by atoms with E-state index < -0.39 is 6.10 Å². The van der Waals surface area contributed by atoms with Crippen molar-refractivity contribution in [3.8, 4) is 0 Å². The Kier molecular flexibility index (Phi) is 6.83. The molecule has 0 saturated carbocycles. The van der Waals surface area contributed by atoms with Gasteiger partial charge in [-0.15, -0.1) is 0 Å². The van der Waals surface area contributed by atoms with Gasteiger partial charge in [0.25, 0.3) is 0 Å². The van der Waals surface area contributed by atoms with Gasteiger partial charge in [0.05, 0.1) is 11.7 Å². The summed E-state index contributed by atoms with van der Waals surface area (Å²) in [4.78, 5) is 19.7. The number of nitrogens with zero attached hydrogens (tertiary/aromatic N) is 3. The molecule has 3 rings (SSSR count). The molecule has 2 heterocycles. The van der Waals surface area contributed by atoms with Crippen LogP contribution in [0.2, 0.25) is 0 Å². The number of benzene rings is 1. The molecule has 1 aromatic heterocycles. The number of ether oxygens (including phenoxy) is 1. The van der Waals surface area contributed by atoms with Gasteiger partial charge in [0.2, 0.25) is 0 Å². The van der Waals surface area contributed by atoms with E-state index >= 15 is 0 Å². The highest BCUT2D eigenvalue weighted by Crippen LogP contribution is 2.28. The highest BCUT2D eigenvalue weighted by Gasteiger charge is 2.25. The fourth-order valence-corrected chi connectivity index (χ4v) is 2.99. The second-order valence-corrected chi connectivity index (χ2v) is 6.64. The van der Waals surface area contributed by atoms with E-state index in [1.807, 2.05) is 6.92 Å². The van der Waals surface area contributed by atoms with E-state index in [2.05, 4.69) is 25.5 Å². The first-order chi connectivity index (χ1) is 14.5. The quantitative estimate of drug-likeness (QED) is 0.234. The molecule has 10 heteroatoms. The number of hydrogen-bond donors (Lipinski definition) is 5. The molecule has 156 valence electrons. The predicted octanol–water partition coefficient (Wildman–Crippen LogP) is 1.01. The lowest BCUT2D eigenvalue weighted by molar-refractivity contribution is 0.0535. The number of aromatic nitrogens is 3. The predicted molar refractivity (Wildman–Crippen MR) is 112 cm³/mol. The first-order valence-electron chi connectivity index (χ1n) is 9.24. The molecule has 2 aromatic rings. The van der Waals surface area contributed by atoms with Crippen molar-refractivity contribution in [2.24, 2.45) is 10.7 Å². The Balaban J connectivity index is 1.55. The first kappa shape index (κ1) is 21.1. The van der Waals surface area contributed by atoms with Crippen molar-refractivity contribution in [3.63, 3.8) is 0 Å². The smallest absolute Gasteiger partial charge is 0.338 e. The molecule has 1 unspecified atom stereocenters. The molecule has 10 nitrogen and oxygen atoms in total. The summed E-state index contributed by atoms with van der Waals surface area (Å²) in [5.74, 6) is 0.470. The molecule has 30 heavy (non-hydrogen) atoms. The summed E-state index contributed by atoms with van der Waals surface area (Å²) in [5, 5.41) is 27.5. The topological polar surface area (TPSA) is 162 Å². The van der Waals surface area contributed by atoms with Crippen LogP contribution < -0.4 is 11.1 Å². The van der Waals surface area contributed by atoms with Crippen molar-refractivity contribution in [1.29, 1.82) is 5.41 Å². The van der Waals surface area contributed by atoms with Crippen LogP contribution in [0.25, 0.3) is 6.08 Å². The number of fused-ring (bicyclic) bond motifs is 1. The minimum Gasteiger partial charge on any atom is -0.457 e. The Morgan fingerprint density at radius 2 is 2.37 bits per heavy atom. The van der Waals surface area contributed by atoms with Crippen molar-refractivity contribution >= 4 is 24.1 Å². The molecule has 0 fully saturated rings. The van der Waals surface area contributed by atoms with Crippen molar-refractivity contribution in [2.45, 2.75) is 19.6 Å². The number of hydrogen-bond acceptors (Lipinski definition) is 8. The molecule has 1 aliphatic rings. The van der Waals surface area contributed by atoms with Gasteiger partial charge in [0, 0.05) is 36.6 Å². The van der Waals surface area contributed by atoms with Gasteiger partial charge in [-0.1, -0.05) is 6.07 Å². The van der Waals surface area contributed by atoms with Gasteiger partial charge in [-0.25, -0.2) is 14.8 Å². The number of aromatic amines is 1. The van der Waals surface area contributed by atoms with E-state index in [1.165, 1.54) is 18.7 Å². The molecule has 1 atom stereocenters. The Labute approximate surface area is 173 Å². The average molecular weight is 409 g/mol. The second-order valence-electron chi connectivity index (χ2n) is 6.64. The van der Waals surface area contributed by atoms with Gasteiger partial charge < -0.3 is 26.3 Å². The zero-order valence-corrected chi connectivity index (χ0v) is 16.4. The zero-order chi connectivity index (χ0) is 21.5. The third kappa shape index (κ3) is 5.04. The number of rotatable bonds is 9. The third-order valence-corrected chi connectivity index (χ3v) is 4.64. The van der Waals surface area contributed by atoms with Gasteiger partial charge in [0.15, 0.2) is 0 Å². The fourth-order valence-electron chi connectivity index (χ4n) is 2.99. The molecular formula is C20H23N7O3. The Bertz CT molecular complexity index is 1010. The summed E-state index contributed by atoms with van der Waals surface area (Å²) in [6, 6.07) is 3.43. The maximum absolute atomic E-state index is 11.6. The molecule has 6 N–H and O–H groups in total. The van der Waals surface area contributed by atoms with Crippen LogP contribution in [0.15, 0.2) is 41.3 Å². The van der Waals surface area contributed by atoms with Crippen LogP contribution in [0, 0.1) is 12.3 Å². The summed E-state index contributed by atoms with van der Waals surface area (Å²) in [7, 11) is 0. The minimum atomic E-state index is -0.767. The van der Waals surface area contributed by atoms with Crippen LogP contribution in [0.1, 0.15) is 39.0 Å². The lowest BCUT2D eigenvalue weighted by Crippen LogP contribution is -2.24. The zero-order valence-electron chi connectivity index (χ0n) is 16.4. The summed E-state index contributed by atoms with van der Waals surface area (Å²) in [6.07, 6.45) is 6.47. The van der Waals surface area contributed by atoms with Gasteiger partial charge in [-0.3, -0.25) is 5.10 Å². The number of nitrogens with one attached hydrogen (secondary N) is 3. The molecule has 0 spiro atoms. The number of aliphatic hydroxyl groups is 1. The molecule has 0 aliphatic carbocycles. The Hall–Kier alpha value is -3.63. The lowest BCUT2D eigenvalue weighted by Gasteiger charge is -2.16. The lowest BCUT2D eigenvalue weighted by atomic mass is 9.95. The standard InChI is InChI=1S/C20H23N7O3/c1-12-14(2-3-15-16(12)10-30-20(15)29)17(28)9-23-7-13(6-21)8-24-18(22)4-5-19-25-11-26-27-19/h2-6,8,11,17,21,23,28H,7,9-10H2,1H3,(H2,22,24)(H,25,26,27). The Morgan fingerprint density at radius 1 is 1.53 bits per heavy atom. The summed E-state index contributed by atoms with van der Waals surface area (Å²) in [5.41, 5.74) is 9.35. The number of cyclic esters (lactones) is 1. The number of nitrogens with two attached hydrogens (primary N) is 1. The summed E-state index contributed by atoms with van der Waals surface area (Å²) < 4.78 is 5.05. The molecule has 0 radical (unpaired) electrons. The number of esters is 1. The van der Waals surface area contributed by atoms with Crippen LogP contribution in [0.4, 0.5) is 0 Å². The number of amidine groups is 1. The van der Waals surface area contributed by atoms with Crippen molar-refractivity contribution < 1.29 is 14.6 Å². The van der Waals surface area contributed by atoms with E-state index in [1.54, 1.807) is 24.3 Å². The van der Waals surface area contributed by atoms with Crippen LogP contribution in [-0.4, -0.2) is 51.4 Å². The fraction of sp³-hybridized carbons (Fsp3) is 0.250. The van der Waals surface area contributed by atoms with E-state index in [-0.39, 0.29) is 25.0 Å². The molecule has 0 saturated heterocycles. The maximum atomic E-state index is 11.6. The van der Waals surface area contributed by atoms with Crippen LogP contribution >= 0.6 is 0 Å². The van der Waals surface area contributed by atoms with Crippen molar-refractivity contribution in [3.05, 3.63) is 64.4 Å². The number of aliphatic hydroxyl groups excluding tert-OH is 1.